The molecule has 1 heterocycles. The number of halogens is 1. The van der Waals surface area contributed by atoms with E-state index in [-0.39, 0.29) is 0 Å². The first-order valence-corrected chi connectivity index (χ1v) is 7.77. The van der Waals surface area contributed by atoms with Crippen molar-refractivity contribution in [2.24, 2.45) is 0 Å². The van der Waals surface area contributed by atoms with Crippen LogP contribution in [-0.2, 0) is 6.42 Å². The molecule has 2 aliphatic rings. The van der Waals surface area contributed by atoms with Crippen LogP contribution >= 0.6 is 11.6 Å². The number of hydrogen-bond donors (Lipinski definition) is 1. The van der Waals surface area contributed by atoms with Gasteiger partial charge in [-0.15, -0.1) is 0 Å². The third kappa shape index (κ3) is 1.97. The maximum atomic E-state index is 6.16. The van der Waals surface area contributed by atoms with Crippen molar-refractivity contribution >= 4 is 11.6 Å². The van der Waals surface area contributed by atoms with Crippen molar-refractivity contribution in [3.8, 4) is 0 Å². The van der Waals surface area contributed by atoms with E-state index in [9.17, 15) is 0 Å². The van der Waals surface area contributed by atoms with Gasteiger partial charge in [-0.05, 0) is 41.7 Å². The zero-order valence-corrected chi connectivity index (χ0v) is 12.1. The van der Waals surface area contributed by atoms with Gasteiger partial charge in [-0.2, -0.15) is 0 Å². The Hall–Kier alpha value is -1.31. The number of fused-ring (bicyclic) bond motifs is 3. The van der Waals surface area contributed by atoms with Crippen molar-refractivity contribution in [1.29, 1.82) is 0 Å². The maximum Gasteiger partial charge on any atom is 0.0408 e. The van der Waals surface area contributed by atoms with Crippen LogP contribution in [-0.4, -0.2) is 12.6 Å². The van der Waals surface area contributed by atoms with Crippen LogP contribution in [0.25, 0.3) is 0 Å². The summed E-state index contributed by atoms with van der Waals surface area (Å²) in [5.41, 5.74) is 4.41. The Kier molecular flexibility index (Phi) is 3.05. The largest absolute Gasteiger partial charge is 0.313 e. The van der Waals surface area contributed by atoms with Gasteiger partial charge in [0.1, 0.15) is 0 Å². The topological polar surface area (TPSA) is 12.0 Å². The van der Waals surface area contributed by atoms with Crippen LogP contribution in [0.3, 0.4) is 0 Å². The van der Waals surface area contributed by atoms with E-state index in [1.165, 1.54) is 23.1 Å². The Morgan fingerprint density at radius 3 is 2.75 bits per heavy atom. The average Bonchev–Trinajstić information content (AvgIpc) is 2.92. The maximum absolute atomic E-state index is 6.16. The van der Waals surface area contributed by atoms with E-state index in [2.05, 4.69) is 47.8 Å². The molecule has 2 heteroatoms. The van der Waals surface area contributed by atoms with E-state index >= 15 is 0 Å². The van der Waals surface area contributed by atoms with Gasteiger partial charge >= 0.3 is 0 Å². The van der Waals surface area contributed by atoms with Gasteiger partial charge < -0.3 is 5.32 Å². The van der Waals surface area contributed by atoms with Crippen molar-refractivity contribution in [3.05, 3.63) is 70.2 Å². The third-order valence-electron chi connectivity index (χ3n) is 4.88. The highest BCUT2D eigenvalue weighted by Gasteiger charge is 2.40. The molecule has 1 aliphatic carbocycles. The molecule has 1 nitrogen and oxygen atoms in total. The van der Waals surface area contributed by atoms with Crippen LogP contribution in [0, 0.1) is 0 Å². The van der Waals surface area contributed by atoms with Crippen molar-refractivity contribution in [3.63, 3.8) is 0 Å². The molecule has 0 bridgehead atoms. The second-order valence-electron chi connectivity index (χ2n) is 5.94. The summed E-state index contributed by atoms with van der Waals surface area (Å²) in [5, 5.41) is 4.59. The van der Waals surface area contributed by atoms with E-state index in [4.69, 9.17) is 11.6 Å². The molecule has 0 radical (unpaired) electrons. The highest BCUT2D eigenvalue weighted by molar-refractivity contribution is 6.30. The second-order valence-corrected chi connectivity index (χ2v) is 6.38. The van der Waals surface area contributed by atoms with Gasteiger partial charge in [0.25, 0.3) is 0 Å². The van der Waals surface area contributed by atoms with Crippen LogP contribution in [0.1, 0.15) is 34.9 Å². The Balaban J connectivity index is 1.77. The fraction of sp³-hybridized carbons (Fsp3) is 0.333. The predicted octanol–water partition coefficient (Wildman–Crippen LogP) is 4.13. The predicted molar refractivity (Wildman–Crippen MR) is 83.5 cm³/mol. The minimum absolute atomic E-state index is 0.585. The molecule has 102 valence electrons. The van der Waals surface area contributed by atoms with Crippen molar-refractivity contribution < 1.29 is 0 Å². The summed E-state index contributed by atoms with van der Waals surface area (Å²) in [6, 6.07) is 18.0. The average molecular weight is 284 g/mol. The number of hydrogen-bond acceptors (Lipinski definition) is 1. The first-order valence-electron chi connectivity index (χ1n) is 7.39. The summed E-state index contributed by atoms with van der Waals surface area (Å²) in [5.74, 6) is 1.18. The highest BCUT2D eigenvalue weighted by atomic mass is 35.5. The standard InChI is InChI=1S/C18H18ClN/c19-14-7-8-15-13(10-14)6-9-17-18(15)16(11-20-17)12-4-2-1-3-5-12/h1-5,7-8,10,16-18,20H,6,9,11H2/t16-,17-,18-/m1/s1. The third-order valence-corrected chi connectivity index (χ3v) is 5.12. The fourth-order valence-electron chi connectivity index (χ4n) is 3.98. The summed E-state index contributed by atoms with van der Waals surface area (Å²) in [4.78, 5) is 0. The Morgan fingerprint density at radius 2 is 1.90 bits per heavy atom. The van der Waals surface area contributed by atoms with Gasteiger partial charge in [-0.3, -0.25) is 0 Å². The van der Waals surface area contributed by atoms with Gasteiger partial charge in [-0.1, -0.05) is 48.0 Å². The first-order chi connectivity index (χ1) is 9.83. The monoisotopic (exact) mass is 283 g/mol. The molecule has 1 aliphatic heterocycles. The molecular formula is C18H18ClN. The molecule has 2 aromatic carbocycles. The van der Waals surface area contributed by atoms with E-state index in [0.717, 1.165) is 18.0 Å². The van der Waals surface area contributed by atoms with Crippen LogP contribution in [0.5, 0.6) is 0 Å². The lowest BCUT2D eigenvalue weighted by atomic mass is 9.73. The van der Waals surface area contributed by atoms with E-state index in [1.54, 1.807) is 0 Å². The van der Waals surface area contributed by atoms with Crippen LogP contribution < -0.4 is 5.32 Å². The van der Waals surface area contributed by atoms with Gasteiger partial charge in [0.2, 0.25) is 0 Å². The summed E-state index contributed by atoms with van der Waals surface area (Å²) >= 11 is 6.16. The molecule has 0 amide bonds. The lowest BCUT2D eigenvalue weighted by Gasteiger charge is -2.31. The van der Waals surface area contributed by atoms with Gasteiger partial charge in [0.15, 0.2) is 0 Å². The number of nitrogens with one attached hydrogen (secondary N) is 1. The molecule has 2 aromatic rings. The van der Waals surface area contributed by atoms with Gasteiger partial charge in [0.05, 0.1) is 0 Å². The molecule has 3 atom stereocenters. The van der Waals surface area contributed by atoms with E-state index in [1.807, 2.05) is 6.07 Å². The van der Waals surface area contributed by atoms with Crippen LogP contribution in [0.4, 0.5) is 0 Å². The molecule has 20 heavy (non-hydrogen) atoms. The molecule has 1 fully saturated rings. The highest BCUT2D eigenvalue weighted by Crippen LogP contribution is 2.45. The zero-order valence-electron chi connectivity index (χ0n) is 11.4. The van der Waals surface area contributed by atoms with E-state index < -0.39 is 0 Å². The minimum Gasteiger partial charge on any atom is -0.313 e. The normalized spacial score (nSPS) is 27.9. The summed E-state index contributed by atoms with van der Waals surface area (Å²) < 4.78 is 0. The minimum atomic E-state index is 0.585. The SMILES string of the molecule is Clc1ccc2c(c1)CC[C@H]1NC[C@H](c3ccccc3)[C@@H]21. The first kappa shape index (κ1) is 12.4. The molecule has 1 N–H and O–H groups in total. The zero-order chi connectivity index (χ0) is 13.5. The smallest absolute Gasteiger partial charge is 0.0408 e. The number of aryl methyl sites for hydroxylation is 1. The van der Waals surface area contributed by atoms with Crippen molar-refractivity contribution in [2.45, 2.75) is 30.7 Å². The Bertz CT molecular complexity index is 623. The molecular weight excluding hydrogens is 266 g/mol. The Labute approximate surface area is 125 Å². The summed E-state index contributed by atoms with van der Waals surface area (Å²) in [6.07, 6.45) is 2.37. The van der Waals surface area contributed by atoms with Crippen molar-refractivity contribution in [2.75, 3.05) is 6.54 Å². The number of rotatable bonds is 1. The lowest BCUT2D eigenvalue weighted by Crippen LogP contribution is -2.30. The second kappa shape index (κ2) is 4.91. The summed E-state index contributed by atoms with van der Waals surface area (Å²) in [6.45, 7) is 1.08. The summed E-state index contributed by atoms with van der Waals surface area (Å²) in [7, 11) is 0. The Morgan fingerprint density at radius 1 is 1.05 bits per heavy atom. The van der Waals surface area contributed by atoms with Gasteiger partial charge in [0, 0.05) is 29.4 Å². The van der Waals surface area contributed by atoms with Crippen molar-refractivity contribution in [1.82, 2.24) is 5.32 Å². The fourth-order valence-corrected chi connectivity index (χ4v) is 4.17. The number of benzene rings is 2. The van der Waals surface area contributed by atoms with Crippen LogP contribution in [0.2, 0.25) is 5.02 Å². The molecule has 1 saturated heterocycles. The van der Waals surface area contributed by atoms with E-state index in [0.29, 0.717) is 17.9 Å². The molecule has 0 unspecified atom stereocenters. The lowest BCUT2D eigenvalue weighted by molar-refractivity contribution is 0.467. The van der Waals surface area contributed by atoms with Gasteiger partial charge in [-0.25, -0.2) is 0 Å². The molecule has 0 saturated carbocycles. The molecule has 0 aromatic heterocycles. The van der Waals surface area contributed by atoms with Crippen LogP contribution in [0.15, 0.2) is 48.5 Å². The molecule has 4 rings (SSSR count). The molecule has 0 spiro atoms. The quantitative estimate of drug-likeness (QED) is 0.830.